The molecule has 0 saturated heterocycles. The van der Waals surface area contributed by atoms with Crippen molar-refractivity contribution in [1.82, 2.24) is 10.6 Å². The Morgan fingerprint density at radius 2 is 2.00 bits per heavy atom. The summed E-state index contributed by atoms with van der Waals surface area (Å²) in [5, 5.41) is 5.23. The highest BCUT2D eigenvalue weighted by molar-refractivity contribution is 9.10. The van der Waals surface area contributed by atoms with Crippen LogP contribution in [0.1, 0.15) is 12.0 Å². The Bertz CT molecular complexity index is 537. The summed E-state index contributed by atoms with van der Waals surface area (Å²) >= 11 is 3.21. The molecule has 1 rings (SSSR count). The lowest BCUT2D eigenvalue weighted by atomic mass is 10.2. The Kier molecular flexibility index (Phi) is 7.53. The Morgan fingerprint density at radius 3 is 2.57 bits per heavy atom. The van der Waals surface area contributed by atoms with Crippen LogP contribution in [0, 0.1) is 0 Å². The number of benzene rings is 1. The summed E-state index contributed by atoms with van der Waals surface area (Å²) in [6.45, 7) is -3.27. The highest BCUT2D eigenvalue weighted by Crippen LogP contribution is 2.24. The standard InChI is InChI=1S/C13H15BrF5N3O/c1-20-12(21-5-4-13(17,18)19)22-7-8-6-9(14)2-3-10(8)23-11(15)16/h2-3,6,11H,4-5,7H2,1H3,(H2,20,21,22). The second-order valence-corrected chi connectivity index (χ2v) is 5.26. The van der Waals surface area contributed by atoms with Gasteiger partial charge in [0.1, 0.15) is 5.75 Å². The number of nitrogens with zero attached hydrogens (tertiary/aromatic N) is 1. The van der Waals surface area contributed by atoms with Crippen LogP contribution >= 0.6 is 15.9 Å². The van der Waals surface area contributed by atoms with Gasteiger partial charge in [0.15, 0.2) is 5.96 Å². The lowest BCUT2D eigenvalue weighted by Gasteiger charge is -2.15. The maximum atomic E-state index is 12.3. The number of guanidine groups is 1. The molecule has 0 aromatic heterocycles. The molecule has 0 saturated carbocycles. The second kappa shape index (κ2) is 8.90. The third-order valence-corrected chi connectivity index (χ3v) is 3.10. The van der Waals surface area contributed by atoms with E-state index in [0.29, 0.717) is 10.0 Å². The highest BCUT2D eigenvalue weighted by Gasteiger charge is 2.26. The normalized spacial score (nSPS) is 12.4. The molecule has 0 radical (unpaired) electrons. The molecule has 0 bridgehead atoms. The summed E-state index contributed by atoms with van der Waals surface area (Å²) in [6, 6.07) is 4.47. The summed E-state index contributed by atoms with van der Waals surface area (Å²) in [7, 11) is 1.39. The van der Waals surface area contributed by atoms with Crippen molar-refractivity contribution in [3.8, 4) is 5.75 Å². The van der Waals surface area contributed by atoms with Crippen molar-refractivity contribution in [3.63, 3.8) is 0 Å². The van der Waals surface area contributed by atoms with Gasteiger partial charge in [0.2, 0.25) is 0 Å². The zero-order valence-corrected chi connectivity index (χ0v) is 13.6. The van der Waals surface area contributed by atoms with Crippen molar-refractivity contribution in [3.05, 3.63) is 28.2 Å². The van der Waals surface area contributed by atoms with Gasteiger partial charge >= 0.3 is 12.8 Å². The van der Waals surface area contributed by atoms with Crippen LogP contribution in [0.5, 0.6) is 5.75 Å². The molecule has 4 nitrogen and oxygen atoms in total. The molecule has 0 aliphatic heterocycles. The van der Waals surface area contributed by atoms with Crippen molar-refractivity contribution in [1.29, 1.82) is 0 Å². The zero-order valence-electron chi connectivity index (χ0n) is 12.1. The van der Waals surface area contributed by atoms with Gasteiger partial charge in [0.25, 0.3) is 0 Å². The Labute approximate surface area is 138 Å². The molecular formula is C13H15BrF5N3O. The van der Waals surface area contributed by atoms with Crippen molar-refractivity contribution in [2.45, 2.75) is 25.8 Å². The van der Waals surface area contributed by atoms with E-state index in [0.717, 1.165) is 0 Å². The largest absolute Gasteiger partial charge is 0.434 e. The first kappa shape index (κ1) is 19.5. The lowest BCUT2D eigenvalue weighted by molar-refractivity contribution is -0.132. The molecule has 0 heterocycles. The molecule has 10 heteroatoms. The maximum Gasteiger partial charge on any atom is 0.390 e. The molecule has 0 unspecified atom stereocenters. The first-order valence-electron chi connectivity index (χ1n) is 6.46. The molecule has 0 spiro atoms. The van der Waals surface area contributed by atoms with Crippen molar-refractivity contribution in [2.75, 3.05) is 13.6 Å². The number of hydrogen-bond acceptors (Lipinski definition) is 2. The molecule has 2 N–H and O–H groups in total. The van der Waals surface area contributed by atoms with Crippen LogP contribution in [-0.4, -0.2) is 32.3 Å². The van der Waals surface area contributed by atoms with Gasteiger partial charge in [0, 0.05) is 30.2 Å². The topological polar surface area (TPSA) is 45.7 Å². The van der Waals surface area contributed by atoms with Crippen LogP contribution in [0.25, 0.3) is 0 Å². The molecule has 23 heavy (non-hydrogen) atoms. The molecule has 1 aromatic rings. The fourth-order valence-electron chi connectivity index (χ4n) is 1.62. The summed E-state index contributed by atoms with van der Waals surface area (Å²) < 4.78 is 66.0. The third kappa shape index (κ3) is 8.00. The van der Waals surface area contributed by atoms with Gasteiger partial charge in [-0.1, -0.05) is 15.9 Å². The quantitative estimate of drug-likeness (QED) is 0.432. The fraction of sp³-hybridized carbons (Fsp3) is 0.462. The maximum absolute atomic E-state index is 12.3. The molecule has 0 fully saturated rings. The van der Waals surface area contributed by atoms with Crippen molar-refractivity contribution < 1.29 is 26.7 Å². The number of ether oxygens (including phenoxy) is 1. The number of rotatable bonds is 6. The van der Waals surface area contributed by atoms with Crippen molar-refractivity contribution >= 4 is 21.9 Å². The van der Waals surface area contributed by atoms with Gasteiger partial charge in [0.05, 0.1) is 6.42 Å². The van der Waals surface area contributed by atoms with Crippen molar-refractivity contribution in [2.24, 2.45) is 4.99 Å². The van der Waals surface area contributed by atoms with E-state index in [-0.39, 0.29) is 24.8 Å². The zero-order chi connectivity index (χ0) is 17.5. The van der Waals surface area contributed by atoms with Gasteiger partial charge < -0.3 is 15.4 Å². The van der Waals surface area contributed by atoms with Gasteiger partial charge in [-0.25, -0.2) is 0 Å². The number of alkyl halides is 5. The monoisotopic (exact) mass is 403 g/mol. The van der Waals surface area contributed by atoms with Gasteiger partial charge in [-0.2, -0.15) is 22.0 Å². The van der Waals surface area contributed by atoms with E-state index in [4.69, 9.17) is 0 Å². The second-order valence-electron chi connectivity index (χ2n) is 4.35. The molecule has 0 aliphatic rings. The fourth-order valence-corrected chi connectivity index (χ4v) is 2.03. The van der Waals surface area contributed by atoms with E-state index < -0.39 is 19.2 Å². The smallest absolute Gasteiger partial charge is 0.390 e. The summed E-state index contributed by atoms with van der Waals surface area (Å²) in [6.07, 6.45) is -5.28. The molecule has 0 atom stereocenters. The summed E-state index contributed by atoms with van der Waals surface area (Å²) in [5.41, 5.74) is 0.401. The summed E-state index contributed by atoms with van der Waals surface area (Å²) in [4.78, 5) is 3.76. The minimum absolute atomic E-state index is 0.0264. The van der Waals surface area contributed by atoms with Crippen LogP contribution in [-0.2, 0) is 6.54 Å². The van der Waals surface area contributed by atoms with E-state index in [1.807, 2.05) is 0 Å². The molecule has 0 amide bonds. The minimum Gasteiger partial charge on any atom is -0.434 e. The Hall–Kier alpha value is -1.58. The highest BCUT2D eigenvalue weighted by atomic mass is 79.9. The Balaban J connectivity index is 2.63. The molecular weight excluding hydrogens is 389 g/mol. The van der Waals surface area contributed by atoms with Crippen LogP contribution in [0.3, 0.4) is 0 Å². The number of aliphatic imine (C=N–C) groups is 1. The van der Waals surface area contributed by atoms with Crippen LogP contribution < -0.4 is 15.4 Å². The van der Waals surface area contributed by atoms with E-state index in [2.05, 4.69) is 36.3 Å². The predicted molar refractivity (Wildman–Crippen MR) is 79.6 cm³/mol. The first-order chi connectivity index (χ1) is 10.7. The van der Waals surface area contributed by atoms with Crippen LogP contribution in [0.2, 0.25) is 0 Å². The van der Waals surface area contributed by atoms with E-state index >= 15 is 0 Å². The summed E-state index contributed by atoms with van der Waals surface area (Å²) in [5.74, 6) is 0.0960. The number of hydrogen-bond donors (Lipinski definition) is 2. The van der Waals surface area contributed by atoms with Gasteiger partial charge in [-0.15, -0.1) is 0 Å². The number of halogens is 6. The van der Waals surface area contributed by atoms with Gasteiger partial charge in [-0.3, -0.25) is 4.99 Å². The average molecular weight is 404 g/mol. The van der Waals surface area contributed by atoms with Gasteiger partial charge in [-0.05, 0) is 18.2 Å². The molecule has 130 valence electrons. The minimum atomic E-state index is -4.27. The average Bonchev–Trinajstić information content (AvgIpc) is 2.43. The van der Waals surface area contributed by atoms with E-state index in [1.165, 1.54) is 19.2 Å². The number of nitrogens with one attached hydrogen (secondary N) is 2. The van der Waals surface area contributed by atoms with E-state index in [1.54, 1.807) is 6.07 Å². The Morgan fingerprint density at radius 1 is 1.30 bits per heavy atom. The SMILES string of the molecule is CN=C(NCCC(F)(F)F)NCc1cc(Br)ccc1OC(F)F. The van der Waals surface area contributed by atoms with E-state index in [9.17, 15) is 22.0 Å². The lowest BCUT2D eigenvalue weighted by Crippen LogP contribution is -2.38. The van der Waals surface area contributed by atoms with Crippen LogP contribution in [0.4, 0.5) is 22.0 Å². The van der Waals surface area contributed by atoms with Crippen LogP contribution in [0.15, 0.2) is 27.7 Å². The first-order valence-corrected chi connectivity index (χ1v) is 7.25. The predicted octanol–water partition coefficient (Wildman–Crippen LogP) is 3.67. The molecule has 0 aliphatic carbocycles. The molecule has 1 aromatic carbocycles. The third-order valence-electron chi connectivity index (χ3n) is 2.61.